The van der Waals surface area contributed by atoms with Crippen LogP contribution in [0.3, 0.4) is 0 Å². The zero-order valence-electron chi connectivity index (χ0n) is 35.4. The van der Waals surface area contributed by atoms with Crippen molar-refractivity contribution in [2.75, 3.05) is 39.3 Å². The molecule has 4 aromatic carbocycles. The molecule has 0 atom stereocenters. The lowest BCUT2D eigenvalue weighted by molar-refractivity contribution is -0.0240. The Balaban J connectivity index is 0.965. The van der Waals surface area contributed by atoms with Crippen LogP contribution >= 0.6 is 46.4 Å². The molecular weight excluding hydrogens is 874 g/mol. The highest BCUT2D eigenvalue weighted by Gasteiger charge is 2.38. The Hall–Kier alpha value is -4.74. The number of fused-ring (bicyclic) bond motifs is 2. The van der Waals surface area contributed by atoms with E-state index in [-0.39, 0.29) is 11.8 Å². The van der Waals surface area contributed by atoms with E-state index in [9.17, 15) is 9.59 Å². The Morgan fingerprint density at radius 3 is 1.22 bits per heavy atom. The quantitative estimate of drug-likeness (QED) is 0.152. The molecule has 6 aromatic rings. The molecule has 63 heavy (non-hydrogen) atoms. The van der Waals surface area contributed by atoms with Crippen molar-refractivity contribution in [2.24, 2.45) is 0 Å². The van der Waals surface area contributed by atoms with E-state index in [1.54, 1.807) is 12.1 Å². The van der Waals surface area contributed by atoms with Crippen LogP contribution < -0.4 is 4.74 Å². The van der Waals surface area contributed by atoms with Crippen LogP contribution in [-0.2, 0) is 12.8 Å². The maximum atomic E-state index is 14.3. The third-order valence-electron chi connectivity index (χ3n) is 13.2. The molecule has 13 heteroatoms. The van der Waals surface area contributed by atoms with Gasteiger partial charge in [0.05, 0.1) is 43.9 Å². The fraction of sp³-hybridized carbons (Fsp3) is 0.320. The molecule has 0 radical (unpaired) electrons. The van der Waals surface area contributed by atoms with Gasteiger partial charge in [0, 0.05) is 73.5 Å². The van der Waals surface area contributed by atoms with Crippen LogP contribution in [0.1, 0.15) is 81.8 Å². The van der Waals surface area contributed by atoms with Gasteiger partial charge in [0.1, 0.15) is 11.5 Å². The number of piperidine rings is 2. The second-order valence-electron chi connectivity index (χ2n) is 17.0. The molecule has 0 bridgehead atoms. The Kier molecular flexibility index (Phi) is 11.6. The minimum Gasteiger partial charge on any atom is -0.457 e. The minimum atomic E-state index is 0.0362. The molecule has 0 unspecified atom stereocenters. The Morgan fingerprint density at radius 1 is 0.476 bits per heavy atom. The van der Waals surface area contributed by atoms with E-state index in [4.69, 9.17) is 51.1 Å². The molecule has 0 aliphatic carbocycles. The van der Waals surface area contributed by atoms with E-state index < -0.39 is 0 Å². The SMILES string of the molecule is Cc1c2c(n(-c3ccc(Cl)cc3Cl)c1-c1ccc(Oc3ccc(-c4c(C)c5c(n4-c4ccc(Cl)cc4Cl)CCN(N4CCCCC4)C5=O)cc3)cc1)CCN(N1CCCCC1)C2=O. The second kappa shape index (κ2) is 17.3. The molecule has 6 heterocycles. The summed E-state index contributed by atoms with van der Waals surface area (Å²) in [6.45, 7) is 8.88. The van der Waals surface area contributed by atoms with Crippen LogP contribution in [0, 0.1) is 13.8 Å². The fourth-order valence-corrected chi connectivity index (χ4v) is 11.2. The van der Waals surface area contributed by atoms with Crippen molar-refractivity contribution >= 4 is 58.2 Å². The van der Waals surface area contributed by atoms with Gasteiger partial charge in [0.25, 0.3) is 11.8 Å². The molecule has 9 nitrogen and oxygen atoms in total. The van der Waals surface area contributed by atoms with Crippen LogP contribution in [0.5, 0.6) is 11.5 Å². The number of halogens is 4. The number of rotatable bonds is 8. The average molecular weight is 923 g/mol. The maximum absolute atomic E-state index is 14.3. The summed E-state index contributed by atoms with van der Waals surface area (Å²) in [5, 5.41) is 10.5. The standard InChI is InChI=1S/C50H48Cl4N6O3/c1-31-45-43(21-27-57(49(45)61)55-23-5-3-6-24-55)59(41-19-13-35(51)29-39(41)53)47(31)33-9-15-37(16-10-33)63-38-17-11-34(12-18-38)48-32(2)46-44(60(48)42-20-14-36(52)30-40(42)54)22-28-58(50(46)62)56-25-7-4-8-26-56/h9-20,29-30H,3-8,21-28H2,1-2H3. The summed E-state index contributed by atoms with van der Waals surface area (Å²) in [7, 11) is 0. The van der Waals surface area contributed by atoms with Crippen LogP contribution in [0.2, 0.25) is 20.1 Å². The third-order valence-corrected chi connectivity index (χ3v) is 14.3. The first-order valence-electron chi connectivity index (χ1n) is 22.0. The van der Waals surface area contributed by atoms with E-state index in [2.05, 4.69) is 19.2 Å². The number of carbonyl (C=O) groups excluding carboxylic acids is 2. The number of aromatic nitrogens is 2. The number of nitrogens with zero attached hydrogens (tertiary/aromatic N) is 6. The molecule has 0 N–H and O–H groups in total. The van der Waals surface area contributed by atoms with Gasteiger partial charge in [-0.1, -0.05) is 59.2 Å². The fourth-order valence-electron chi connectivity index (χ4n) is 10.2. The van der Waals surface area contributed by atoms with Crippen molar-refractivity contribution < 1.29 is 14.3 Å². The van der Waals surface area contributed by atoms with E-state index in [0.29, 0.717) is 57.5 Å². The molecule has 4 aliphatic rings. The van der Waals surface area contributed by atoms with Crippen molar-refractivity contribution in [3.63, 3.8) is 0 Å². The predicted molar refractivity (Wildman–Crippen MR) is 252 cm³/mol. The minimum absolute atomic E-state index is 0.0362. The van der Waals surface area contributed by atoms with Crippen LogP contribution in [0.15, 0.2) is 84.9 Å². The second-order valence-corrected chi connectivity index (χ2v) is 18.7. The molecule has 0 saturated carbocycles. The Labute approximate surface area is 388 Å². The van der Waals surface area contributed by atoms with Gasteiger partial charge in [-0.2, -0.15) is 0 Å². The number of carbonyl (C=O) groups is 2. The first kappa shape index (κ1) is 42.2. The van der Waals surface area contributed by atoms with Crippen molar-refractivity contribution in [3.8, 4) is 45.4 Å². The highest BCUT2D eigenvalue weighted by molar-refractivity contribution is 6.36. The summed E-state index contributed by atoms with van der Waals surface area (Å²) >= 11 is 26.5. The maximum Gasteiger partial charge on any atom is 0.270 e. The normalized spacial score (nSPS) is 17.3. The van der Waals surface area contributed by atoms with Gasteiger partial charge in [0.15, 0.2) is 0 Å². The predicted octanol–water partition coefficient (Wildman–Crippen LogP) is 12.4. The van der Waals surface area contributed by atoms with Gasteiger partial charge in [-0.3, -0.25) is 19.6 Å². The summed E-state index contributed by atoms with van der Waals surface area (Å²) in [4.78, 5) is 28.6. The molecular formula is C50H48Cl4N6O3. The number of benzene rings is 4. The van der Waals surface area contributed by atoms with E-state index in [0.717, 1.165) is 119 Å². The van der Waals surface area contributed by atoms with Crippen molar-refractivity contribution in [2.45, 2.75) is 65.2 Å². The highest BCUT2D eigenvalue weighted by Crippen LogP contribution is 2.43. The summed E-state index contributed by atoms with van der Waals surface area (Å²) in [5.74, 6) is 1.40. The van der Waals surface area contributed by atoms with Crippen molar-refractivity contribution in [1.29, 1.82) is 0 Å². The summed E-state index contributed by atoms with van der Waals surface area (Å²) in [6, 6.07) is 27.0. The number of hydrazine groups is 2. The lowest BCUT2D eigenvalue weighted by Crippen LogP contribution is -2.51. The van der Waals surface area contributed by atoms with Gasteiger partial charge in [0.2, 0.25) is 0 Å². The van der Waals surface area contributed by atoms with Crippen molar-refractivity contribution in [3.05, 3.63) is 139 Å². The van der Waals surface area contributed by atoms with Crippen LogP contribution in [-0.4, -0.2) is 80.3 Å². The molecule has 10 rings (SSSR count). The summed E-state index contributed by atoms with van der Waals surface area (Å²) in [5.41, 5.74) is 10.4. The average Bonchev–Trinajstić information content (AvgIpc) is 3.75. The third kappa shape index (κ3) is 7.64. The van der Waals surface area contributed by atoms with Gasteiger partial charge in [-0.15, -0.1) is 0 Å². The van der Waals surface area contributed by atoms with Gasteiger partial charge in [-0.25, -0.2) is 10.0 Å². The largest absolute Gasteiger partial charge is 0.457 e. The lowest BCUT2D eigenvalue weighted by Gasteiger charge is -2.39. The van der Waals surface area contributed by atoms with E-state index in [1.807, 2.05) is 96.7 Å². The number of ether oxygens (including phenoxy) is 1. The molecule has 4 aliphatic heterocycles. The zero-order chi connectivity index (χ0) is 43.5. The van der Waals surface area contributed by atoms with Gasteiger partial charge >= 0.3 is 0 Å². The Morgan fingerprint density at radius 2 is 0.857 bits per heavy atom. The molecule has 2 amide bonds. The topological polar surface area (TPSA) is 66.2 Å². The number of hydrogen-bond donors (Lipinski definition) is 0. The molecule has 2 aromatic heterocycles. The molecule has 2 fully saturated rings. The molecule has 0 spiro atoms. The summed E-state index contributed by atoms with van der Waals surface area (Å²) < 4.78 is 10.8. The first-order chi connectivity index (χ1) is 30.6. The number of hydrogen-bond acceptors (Lipinski definition) is 5. The summed E-state index contributed by atoms with van der Waals surface area (Å²) in [6.07, 6.45) is 8.16. The lowest BCUT2D eigenvalue weighted by atomic mass is 10.0. The molecule has 324 valence electrons. The van der Waals surface area contributed by atoms with Gasteiger partial charge < -0.3 is 13.9 Å². The zero-order valence-corrected chi connectivity index (χ0v) is 38.4. The van der Waals surface area contributed by atoms with Crippen molar-refractivity contribution in [1.82, 2.24) is 29.2 Å². The smallest absolute Gasteiger partial charge is 0.270 e. The number of amides is 2. The van der Waals surface area contributed by atoms with Gasteiger partial charge in [-0.05, 0) is 147 Å². The van der Waals surface area contributed by atoms with Crippen LogP contribution in [0.25, 0.3) is 33.9 Å². The van der Waals surface area contributed by atoms with E-state index in [1.165, 1.54) is 12.8 Å². The first-order valence-corrected chi connectivity index (χ1v) is 23.5. The van der Waals surface area contributed by atoms with E-state index >= 15 is 0 Å². The van der Waals surface area contributed by atoms with Crippen LogP contribution in [0.4, 0.5) is 0 Å². The Bertz CT molecular complexity index is 2560. The highest BCUT2D eigenvalue weighted by atomic mass is 35.5. The monoisotopic (exact) mass is 920 g/mol. The molecule has 2 saturated heterocycles.